The van der Waals surface area contributed by atoms with Crippen molar-refractivity contribution in [3.63, 3.8) is 0 Å². The van der Waals surface area contributed by atoms with Crippen LogP contribution in [0.2, 0.25) is 5.02 Å². The maximum Gasteiger partial charge on any atom is 0.416 e. The lowest BCUT2D eigenvalue weighted by atomic mass is 10.0. The minimum absolute atomic E-state index is 0.0598. The van der Waals surface area contributed by atoms with Gasteiger partial charge in [0.1, 0.15) is 23.0 Å². The highest BCUT2D eigenvalue weighted by molar-refractivity contribution is 6.36. The number of alkyl halides is 3. The molecule has 0 radical (unpaired) electrons. The summed E-state index contributed by atoms with van der Waals surface area (Å²) in [5, 5.41) is 5.63. The number of carbonyl (C=O) groups is 1. The van der Waals surface area contributed by atoms with Crippen LogP contribution >= 0.6 is 11.6 Å². The second kappa shape index (κ2) is 11.1. The van der Waals surface area contributed by atoms with Crippen LogP contribution < -0.4 is 15.4 Å². The van der Waals surface area contributed by atoms with Crippen LogP contribution in [0.1, 0.15) is 24.0 Å². The number of anilines is 2. The van der Waals surface area contributed by atoms with E-state index in [9.17, 15) is 22.4 Å². The maximum atomic E-state index is 14.9. The first-order chi connectivity index (χ1) is 20.0. The number of hydrogen-bond donors (Lipinski definition) is 3. The number of benzene rings is 2. The average molecular weight is 603 g/mol. The molecule has 13 heteroatoms. The number of halogens is 5. The summed E-state index contributed by atoms with van der Waals surface area (Å²) in [4.78, 5) is 24.0. The van der Waals surface area contributed by atoms with E-state index in [4.69, 9.17) is 16.3 Å². The number of nitrogens with one attached hydrogen (secondary N) is 3. The SMILES string of the molecule is CN1CC2CCC(C1)N2Cc1ccc(NC(=O)Nc2ccc(Oc3ccnc4[nH]cc(Cl)c34)cc2F)cc1C(F)(F)F. The summed E-state index contributed by atoms with van der Waals surface area (Å²) in [6.45, 7) is 1.85. The number of ether oxygens (including phenoxy) is 1. The lowest BCUT2D eigenvalue weighted by Gasteiger charge is -2.39. The summed E-state index contributed by atoms with van der Waals surface area (Å²) in [6.07, 6.45) is 0.389. The Bertz CT molecular complexity index is 1630. The summed E-state index contributed by atoms with van der Waals surface area (Å²) in [5.41, 5.74) is -0.392. The molecule has 0 aliphatic carbocycles. The number of aromatic amines is 1. The van der Waals surface area contributed by atoms with Gasteiger partial charge in [-0.25, -0.2) is 14.2 Å². The Morgan fingerprint density at radius 2 is 1.88 bits per heavy atom. The third kappa shape index (κ3) is 5.74. The standard InChI is InChI=1S/C29H27ClF4N6O2/c1-39-14-18-4-5-19(15-39)40(18)13-16-2-3-17(10-21(16)29(32,33)34)37-28(41)38-24-7-6-20(11-23(24)31)42-25-8-9-35-27-26(25)22(30)12-36-27/h2-3,6-12,18-19H,4-5,13-15H2,1H3,(H,35,36)(H2,37,38,41). The van der Waals surface area contributed by atoms with Crippen molar-refractivity contribution in [2.75, 3.05) is 30.8 Å². The quantitative estimate of drug-likeness (QED) is 0.205. The van der Waals surface area contributed by atoms with E-state index in [0.29, 0.717) is 21.8 Å². The summed E-state index contributed by atoms with van der Waals surface area (Å²) in [6, 6.07) is 8.68. The first-order valence-corrected chi connectivity index (χ1v) is 13.7. The van der Waals surface area contributed by atoms with Crippen molar-refractivity contribution in [3.05, 3.63) is 76.8 Å². The largest absolute Gasteiger partial charge is 0.456 e. The highest BCUT2D eigenvalue weighted by Gasteiger charge is 2.40. The third-order valence-corrected chi connectivity index (χ3v) is 8.04. The molecule has 4 aromatic rings. The Labute approximate surface area is 243 Å². The summed E-state index contributed by atoms with van der Waals surface area (Å²) in [7, 11) is 2.03. The van der Waals surface area contributed by atoms with Crippen molar-refractivity contribution in [2.45, 2.75) is 37.6 Å². The fourth-order valence-electron chi connectivity index (χ4n) is 5.86. The molecule has 2 unspecified atom stereocenters. The molecule has 2 aromatic heterocycles. The van der Waals surface area contributed by atoms with Crippen LogP contribution in [0.3, 0.4) is 0 Å². The molecular weight excluding hydrogens is 576 g/mol. The molecule has 0 saturated carbocycles. The molecule has 2 fully saturated rings. The average Bonchev–Trinajstić information content (AvgIpc) is 3.42. The molecule has 2 aromatic carbocycles. The molecule has 220 valence electrons. The highest BCUT2D eigenvalue weighted by Crippen LogP contribution is 2.38. The van der Waals surface area contributed by atoms with E-state index in [1.807, 2.05) is 7.05 Å². The van der Waals surface area contributed by atoms with Crippen LogP contribution in [0.5, 0.6) is 11.5 Å². The molecule has 4 heterocycles. The van der Waals surface area contributed by atoms with E-state index in [-0.39, 0.29) is 41.3 Å². The van der Waals surface area contributed by atoms with Crippen molar-refractivity contribution in [1.82, 2.24) is 19.8 Å². The van der Waals surface area contributed by atoms with Crippen molar-refractivity contribution < 1.29 is 27.1 Å². The van der Waals surface area contributed by atoms with E-state index in [2.05, 4.69) is 30.4 Å². The zero-order valence-corrected chi connectivity index (χ0v) is 23.2. The predicted molar refractivity (Wildman–Crippen MR) is 152 cm³/mol. The van der Waals surface area contributed by atoms with Crippen molar-refractivity contribution in [1.29, 1.82) is 0 Å². The number of urea groups is 1. The Hall–Kier alpha value is -3.87. The number of nitrogens with zero attached hydrogens (tertiary/aromatic N) is 3. The van der Waals surface area contributed by atoms with Gasteiger partial charge in [-0.1, -0.05) is 17.7 Å². The van der Waals surface area contributed by atoms with Gasteiger partial charge in [0.25, 0.3) is 0 Å². The zero-order valence-electron chi connectivity index (χ0n) is 22.4. The Kier molecular flexibility index (Phi) is 7.46. The molecule has 6 rings (SSSR count). The first-order valence-electron chi connectivity index (χ1n) is 13.4. The summed E-state index contributed by atoms with van der Waals surface area (Å²) < 4.78 is 62.8. The van der Waals surface area contributed by atoms with Crippen LogP contribution in [-0.4, -0.2) is 58.0 Å². The van der Waals surface area contributed by atoms with E-state index >= 15 is 0 Å². The van der Waals surface area contributed by atoms with Gasteiger partial charge in [-0.3, -0.25) is 4.90 Å². The zero-order chi connectivity index (χ0) is 29.6. The number of hydrogen-bond acceptors (Lipinski definition) is 5. The highest BCUT2D eigenvalue weighted by atomic mass is 35.5. The molecule has 42 heavy (non-hydrogen) atoms. The van der Waals surface area contributed by atoms with Gasteiger partial charge in [-0.05, 0) is 55.8 Å². The number of fused-ring (bicyclic) bond motifs is 3. The fourth-order valence-corrected chi connectivity index (χ4v) is 6.09. The second-order valence-corrected chi connectivity index (χ2v) is 11.0. The Balaban J connectivity index is 1.14. The Morgan fingerprint density at radius 3 is 2.60 bits per heavy atom. The lowest BCUT2D eigenvalue weighted by molar-refractivity contribution is -0.138. The van der Waals surface area contributed by atoms with Crippen LogP contribution in [0.15, 0.2) is 54.9 Å². The maximum absolute atomic E-state index is 14.9. The first kappa shape index (κ1) is 28.3. The number of H-pyrrole nitrogens is 1. The number of aromatic nitrogens is 2. The van der Waals surface area contributed by atoms with Crippen LogP contribution in [-0.2, 0) is 12.7 Å². The number of likely N-dealkylation sites (N-methyl/N-ethyl adjacent to an activating group) is 1. The van der Waals surface area contributed by atoms with Crippen molar-refractivity contribution >= 4 is 40.0 Å². The molecule has 2 saturated heterocycles. The molecule has 2 atom stereocenters. The van der Waals surface area contributed by atoms with Crippen LogP contribution in [0.25, 0.3) is 11.0 Å². The molecule has 2 amide bonds. The topological polar surface area (TPSA) is 85.5 Å². The normalized spacial score (nSPS) is 19.3. The number of pyridine rings is 1. The van der Waals surface area contributed by atoms with Crippen LogP contribution in [0.4, 0.5) is 33.7 Å². The van der Waals surface area contributed by atoms with Gasteiger partial charge in [-0.2, -0.15) is 13.2 Å². The van der Waals surface area contributed by atoms with Gasteiger partial charge in [0.05, 0.1) is 21.7 Å². The molecular formula is C29H27ClF4N6O2. The Morgan fingerprint density at radius 1 is 1.12 bits per heavy atom. The molecule has 0 spiro atoms. The number of rotatable bonds is 6. The van der Waals surface area contributed by atoms with E-state index in [1.54, 1.807) is 12.3 Å². The second-order valence-electron chi connectivity index (χ2n) is 10.6. The summed E-state index contributed by atoms with van der Waals surface area (Å²) >= 11 is 6.18. The number of likely N-dealkylation sites (tertiary alicyclic amines) is 1. The number of carbonyl (C=O) groups excluding carboxylic acids is 1. The summed E-state index contributed by atoms with van der Waals surface area (Å²) in [5.74, 6) is -0.308. The minimum atomic E-state index is -4.61. The smallest absolute Gasteiger partial charge is 0.416 e. The van der Waals surface area contributed by atoms with Gasteiger partial charge in [0, 0.05) is 55.9 Å². The van der Waals surface area contributed by atoms with Gasteiger partial charge < -0.3 is 25.3 Å². The molecule has 2 aliphatic heterocycles. The van der Waals surface area contributed by atoms with Crippen molar-refractivity contribution in [3.8, 4) is 11.5 Å². The molecule has 2 bridgehead atoms. The predicted octanol–water partition coefficient (Wildman–Crippen LogP) is 7.09. The fraction of sp³-hybridized carbons (Fsp3) is 0.310. The van der Waals surface area contributed by atoms with E-state index in [0.717, 1.165) is 38.1 Å². The van der Waals surface area contributed by atoms with Gasteiger partial charge in [0.2, 0.25) is 0 Å². The van der Waals surface area contributed by atoms with Crippen LogP contribution in [0, 0.1) is 5.82 Å². The number of piperazine rings is 1. The monoisotopic (exact) mass is 602 g/mol. The van der Waals surface area contributed by atoms with E-state index in [1.165, 1.54) is 30.5 Å². The van der Waals surface area contributed by atoms with Crippen molar-refractivity contribution in [2.24, 2.45) is 0 Å². The van der Waals surface area contributed by atoms with E-state index < -0.39 is 23.6 Å². The third-order valence-electron chi connectivity index (χ3n) is 7.75. The van der Waals surface area contributed by atoms with Gasteiger partial charge >= 0.3 is 12.2 Å². The lowest BCUT2D eigenvalue weighted by Crippen LogP contribution is -2.51. The molecule has 2 aliphatic rings. The van der Waals surface area contributed by atoms with Gasteiger partial charge in [0.15, 0.2) is 0 Å². The molecule has 3 N–H and O–H groups in total. The minimum Gasteiger partial charge on any atom is -0.456 e. The number of amides is 2. The molecule has 8 nitrogen and oxygen atoms in total. The van der Waals surface area contributed by atoms with Gasteiger partial charge in [-0.15, -0.1) is 0 Å².